The lowest BCUT2D eigenvalue weighted by Crippen LogP contribution is -2.28. The van der Waals surface area contributed by atoms with E-state index in [1.165, 1.54) is 0 Å². The summed E-state index contributed by atoms with van der Waals surface area (Å²) >= 11 is 0. The zero-order chi connectivity index (χ0) is 18.2. The first kappa shape index (κ1) is 18.7. The molecule has 134 valence electrons. The van der Waals surface area contributed by atoms with Crippen LogP contribution >= 0.6 is 0 Å². The summed E-state index contributed by atoms with van der Waals surface area (Å²) in [4.78, 5) is 16.1. The number of rotatable bonds is 8. The molecule has 7 heteroatoms. The molecule has 2 N–H and O–H groups in total. The molecule has 0 spiro atoms. The number of hydrogen-bond acceptors (Lipinski definition) is 6. The number of amides is 1. The van der Waals surface area contributed by atoms with E-state index in [9.17, 15) is 4.79 Å². The topological polar surface area (TPSA) is 73.4 Å². The van der Waals surface area contributed by atoms with Gasteiger partial charge in [0.15, 0.2) is 11.5 Å². The molecule has 0 bridgehead atoms. The second-order valence-corrected chi connectivity index (χ2v) is 6.28. The molecule has 1 heterocycles. The molecule has 0 aliphatic heterocycles. The first-order valence-corrected chi connectivity index (χ1v) is 8.27. The molecule has 1 aromatic carbocycles. The summed E-state index contributed by atoms with van der Waals surface area (Å²) in [6.07, 6.45) is 0.898. The predicted molar refractivity (Wildman–Crippen MR) is 102 cm³/mol. The Hall–Kier alpha value is -2.67. The monoisotopic (exact) mass is 342 g/mol. The molecule has 2 rings (SSSR count). The van der Waals surface area contributed by atoms with Crippen molar-refractivity contribution in [2.45, 2.75) is 6.42 Å². The normalized spacial score (nSPS) is 10.6. The zero-order valence-corrected chi connectivity index (χ0v) is 15.3. The van der Waals surface area contributed by atoms with Gasteiger partial charge in [0.2, 0.25) is 0 Å². The van der Waals surface area contributed by atoms with Crippen LogP contribution < -0.4 is 15.5 Å². The summed E-state index contributed by atoms with van der Waals surface area (Å²) in [7, 11) is 8.01. The second-order valence-electron chi connectivity index (χ2n) is 6.28. The number of hydrogen-bond donors (Lipinski definition) is 2. The van der Waals surface area contributed by atoms with Gasteiger partial charge in [0, 0.05) is 32.0 Å². The number of carbonyl (C=O) groups excluding carboxylic acids is 1. The Morgan fingerprint density at radius 1 is 1.00 bits per heavy atom. The minimum Gasteiger partial charge on any atom is -0.378 e. The highest BCUT2D eigenvalue weighted by Gasteiger charge is 2.08. The first-order valence-electron chi connectivity index (χ1n) is 8.27. The average molecular weight is 342 g/mol. The molecule has 2 aromatic rings. The van der Waals surface area contributed by atoms with Gasteiger partial charge >= 0.3 is 0 Å². The standard InChI is InChI=1S/C18H26N6O/c1-23(2)13-5-12-19-18(25)16-10-11-17(22-21-16)20-14-6-8-15(9-7-14)24(3)4/h6-11H,5,12-13H2,1-4H3,(H,19,25)(H,20,22). The predicted octanol–water partition coefficient (Wildman–Crippen LogP) is 1.97. The molecule has 0 saturated heterocycles. The number of nitrogens with zero attached hydrogens (tertiary/aromatic N) is 4. The number of benzene rings is 1. The van der Waals surface area contributed by atoms with Crippen molar-refractivity contribution in [3.05, 3.63) is 42.1 Å². The van der Waals surface area contributed by atoms with Gasteiger partial charge in [-0.25, -0.2) is 0 Å². The van der Waals surface area contributed by atoms with Gasteiger partial charge in [0.1, 0.15) is 0 Å². The third kappa shape index (κ3) is 6.04. The van der Waals surface area contributed by atoms with Crippen molar-refractivity contribution in [2.75, 3.05) is 51.5 Å². The molecule has 0 aliphatic carbocycles. The summed E-state index contributed by atoms with van der Waals surface area (Å²) < 4.78 is 0. The van der Waals surface area contributed by atoms with Gasteiger partial charge in [-0.05, 0) is 63.5 Å². The van der Waals surface area contributed by atoms with Crippen molar-refractivity contribution >= 4 is 23.1 Å². The van der Waals surface area contributed by atoms with Gasteiger partial charge in [0.25, 0.3) is 5.91 Å². The highest BCUT2D eigenvalue weighted by molar-refractivity contribution is 5.92. The second kappa shape index (κ2) is 8.98. The Morgan fingerprint density at radius 3 is 2.28 bits per heavy atom. The van der Waals surface area contributed by atoms with Crippen LogP contribution in [-0.4, -0.2) is 62.3 Å². The molecule has 7 nitrogen and oxygen atoms in total. The molecule has 0 saturated carbocycles. The maximum Gasteiger partial charge on any atom is 0.271 e. The summed E-state index contributed by atoms with van der Waals surface area (Å²) in [5, 5.41) is 14.1. The highest BCUT2D eigenvalue weighted by Crippen LogP contribution is 2.18. The molecule has 0 unspecified atom stereocenters. The summed E-state index contributed by atoms with van der Waals surface area (Å²) in [5.74, 6) is 0.398. The number of carbonyl (C=O) groups is 1. The average Bonchev–Trinajstić information content (AvgIpc) is 2.59. The van der Waals surface area contributed by atoms with Crippen molar-refractivity contribution in [3.8, 4) is 0 Å². The fraction of sp³-hybridized carbons (Fsp3) is 0.389. The lowest BCUT2D eigenvalue weighted by Gasteiger charge is -2.13. The first-order chi connectivity index (χ1) is 12.0. The number of anilines is 3. The van der Waals surface area contributed by atoms with Gasteiger partial charge in [-0.2, -0.15) is 0 Å². The Kier molecular flexibility index (Phi) is 6.71. The van der Waals surface area contributed by atoms with E-state index < -0.39 is 0 Å². The van der Waals surface area contributed by atoms with Crippen molar-refractivity contribution in [1.29, 1.82) is 0 Å². The van der Waals surface area contributed by atoms with E-state index in [-0.39, 0.29) is 5.91 Å². The van der Waals surface area contributed by atoms with Crippen LogP contribution in [0.25, 0.3) is 0 Å². The smallest absolute Gasteiger partial charge is 0.271 e. The van der Waals surface area contributed by atoms with E-state index in [0.717, 1.165) is 24.3 Å². The molecule has 0 radical (unpaired) electrons. The molecule has 0 atom stereocenters. The molecule has 0 aliphatic rings. The van der Waals surface area contributed by atoms with Crippen LogP contribution in [0.1, 0.15) is 16.9 Å². The summed E-state index contributed by atoms with van der Waals surface area (Å²) in [5.41, 5.74) is 2.36. The van der Waals surface area contributed by atoms with E-state index in [0.29, 0.717) is 18.1 Å². The minimum atomic E-state index is -0.201. The van der Waals surface area contributed by atoms with Crippen LogP contribution in [0.15, 0.2) is 36.4 Å². The molecule has 0 fully saturated rings. The van der Waals surface area contributed by atoms with Crippen LogP contribution in [-0.2, 0) is 0 Å². The SMILES string of the molecule is CN(C)CCCNC(=O)c1ccc(Nc2ccc(N(C)C)cc2)nn1. The lowest BCUT2D eigenvalue weighted by atomic mass is 10.2. The maximum absolute atomic E-state index is 12.0. The molecular weight excluding hydrogens is 316 g/mol. The third-order valence-electron chi connectivity index (χ3n) is 3.62. The van der Waals surface area contributed by atoms with E-state index >= 15 is 0 Å². The fourth-order valence-electron chi connectivity index (χ4n) is 2.20. The maximum atomic E-state index is 12.0. The quantitative estimate of drug-likeness (QED) is 0.715. The Bertz CT molecular complexity index is 667. The van der Waals surface area contributed by atoms with Crippen molar-refractivity contribution in [2.24, 2.45) is 0 Å². The largest absolute Gasteiger partial charge is 0.378 e. The van der Waals surface area contributed by atoms with Crippen LogP contribution in [0.3, 0.4) is 0 Å². The van der Waals surface area contributed by atoms with E-state index in [4.69, 9.17) is 0 Å². The minimum absolute atomic E-state index is 0.201. The van der Waals surface area contributed by atoms with E-state index in [2.05, 4.69) is 25.7 Å². The van der Waals surface area contributed by atoms with E-state index in [1.54, 1.807) is 12.1 Å². The lowest BCUT2D eigenvalue weighted by molar-refractivity contribution is 0.0946. The number of aromatic nitrogens is 2. The summed E-state index contributed by atoms with van der Waals surface area (Å²) in [6, 6.07) is 11.4. The van der Waals surface area contributed by atoms with Gasteiger partial charge in [-0.1, -0.05) is 0 Å². The molecule has 25 heavy (non-hydrogen) atoms. The summed E-state index contributed by atoms with van der Waals surface area (Å²) in [6.45, 7) is 1.55. The van der Waals surface area contributed by atoms with Crippen molar-refractivity contribution in [3.63, 3.8) is 0 Å². The zero-order valence-electron chi connectivity index (χ0n) is 15.3. The van der Waals surface area contributed by atoms with Gasteiger partial charge < -0.3 is 20.4 Å². The molecule has 1 aromatic heterocycles. The molecular formula is C18H26N6O. The van der Waals surface area contributed by atoms with Crippen molar-refractivity contribution in [1.82, 2.24) is 20.4 Å². The van der Waals surface area contributed by atoms with Crippen LogP contribution in [0.5, 0.6) is 0 Å². The van der Waals surface area contributed by atoms with Crippen LogP contribution in [0, 0.1) is 0 Å². The fourth-order valence-corrected chi connectivity index (χ4v) is 2.20. The van der Waals surface area contributed by atoms with Gasteiger partial charge in [0.05, 0.1) is 0 Å². The van der Waals surface area contributed by atoms with Gasteiger partial charge in [-0.3, -0.25) is 4.79 Å². The Labute approximate surface area is 149 Å². The van der Waals surface area contributed by atoms with Crippen molar-refractivity contribution < 1.29 is 4.79 Å². The number of nitrogens with one attached hydrogen (secondary N) is 2. The Balaban J connectivity index is 1.87. The molecule has 1 amide bonds. The van der Waals surface area contributed by atoms with Crippen LogP contribution in [0.4, 0.5) is 17.2 Å². The third-order valence-corrected chi connectivity index (χ3v) is 3.62. The highest BCUT2D eigenvalue weighted by atomic mass is 16.1. The van der Waals surface area contributed by atoms with Gasteiger partial charge in [-0.15, -0.1) is 10.2 Å². The Morgan fingerprint density at radius 2 is 1.72 bits per heavy atom. The van der Waals surface area contributed by atoms with E-state index in [1.807, 2.05) is 57.4 Å². The van der Waals surface area contributed by atoms with Crippen LogP contribution in [0.2, 0.25) is 0 Å².